The number of carbonyl (C=O) groups is 2. The molecule has 0 aliphatic carbocycles. The van der Waals surface area contributed by atoms with Gasteiger partial charge in [0.15, 0.2) is 0 Å². The molecule has 1 N–H and O–H groups in total. The molecule has 0 radical (unpaired) electrons. The molecule has 2 aromatic rings. The Morgan fingerprint density at radius 2 is 1.82 bits per heavy atom. The van der Waals surface area contributed by atoms with Crippen LogP contribution in [0.1, 0.15) is 36.6 Å². The second-order valence-electron chi connectivity index (χ2n) is 9.03. The third-order valence-electron chi connectivity index (χ3n) is 5.53. The number of carbonyl (C=O) groups excluding carboxylic acids is 2. The monoisotopic (exact) mass is 514 g/mol. The molecule has 0 unspecified atom stereocenters. The summed E-state index contributed by atoms with van der Waals surface area (Å²) in [4.78, 5) is 29.6. The van der Waals surface area contributed by atoms with Crippen molar-refractivity contribution in [3.05, 3.63) is 69.2 Å². The maximum atomic E-state index is 13.1. The van der Waals surface area contributed by atoms with Crippen molar-refractivity contribution in [2.24, 2.45) is 5.92 Å². The van der Waals surface area contributed by atoms with Gasteiger partial charge in [0.05, 0.1) is 18.2 Å². The lowest BCUT2D eigenvalue weighted by Crippen LogP contribution is -2.35. The minimum Gasteiger partial charge on any atom is -0.507 e. The van der Waals surface area contributed by atoms with Crippen LogP contribution < -0.4 is 4.74 Å². The Morgan fingerprint density at radius 1 is 1.15 bits per heavy atom. The van der Waals surface area contributed by atoms with Crippen molar-refractivity contribution in [2.45, 2.75) is 26.8 Å². The summed E-state index contributed by atoms with van der Waals surface area (Å²) < 4.78 is 6.73. The molecular weight excluding hydrogens is 484 g/mol. The van der Waals surface area contributed by atoms with Crippen LogP contribution >= 0.6 is 15.9 Å². The van der Waals surface area contributed by atoms with Crippen LogP contribution in [-0.2, 0) is 9.59 Å². The van der Waals surface area contributed by atoms with Crippen molar-refractivity contribution in [3.63, 3.8) is 0 Å². The molecule has 1 amide bonds. The molecule has 3 rings (SSSR count). The number of aliphatic hydroxyl groups is 1. The highest BCUT2D eigenvalue weighted by molar-refractivity contribution is 9.10. The average molecular weight is 515 g/mol. The molecule has 0 spiro atoms. The van der Waals surface area contributed by atoms with Gasteiger partial charge in [-0.05, 0) is 68.4 Å². The number of ketones is 1. The fourth-order valence-electron chi connectivity index (χ4n) is 3.78. The largest absolute Gasteiger partial charge is 0.507 e. The van der Waals surface area contributed by atoms with Gasteiger partial charge in [0.2, 0.25) is 0 Å². The number of ether oxygens (including phenoxy) is 1. The van der Waals surface area contributed by atoms with E-state index in [0.717, 1.165) is 21.3 Å². The fraction of sp³-hybridized carbons (Fsp3) is 0.385. The van der Waals surface area contributed by atoms with Gasteiger partial charge < -0.3 is 19.6 Å². The lowest BCUT2D eigenvalue weighted by atomic mass is 9.95. The predicted molar refractivity (Wildman–Crippen MR) is 133 cm³/mol. The Kier molecular flexibility index (Phi) is 7.97. The standard InChI is InChI=1S/C26H31BrN2O4/c1-16(2)15-33-21-11-8-19(14-17(21)3)24(30)22-23(18-6-9-20(27)10-7-18)29(13-12-28(4)5)26(32)25(22)31/h6-11,14,16,23,30H,12-13,15H2,1-5H3/t23-/m0/s1. The van der Waals surface area contributed by atoms with E-state index >= 15 is 0 Å². The van der Waals surface area contributed by atoms with Crippen LogP contribution in [-0.4, -0.2) is 60.4 Å². The minimum absolute atomic E-state index is 0.108. The van der Waals surface area contributed by atoms with Gasteiger partial charge in [-0.3, -0.25) is 9.59 Å². The van der Waals surface area contributed by atoms with Crippen LogP contribution in [0.15, 0.2) is 52.5 Å². The number of halogens is 1. The van der Waals surface area contributed by atoms with Crippen molar-refractivity contribution in [2.75, 3.05) is 33.8 Å². The second-order valence-corrected chi connectivity index (χ2v) is 9.95. The quantitative estimate of drug-likeness (QED) is 0.312. The maximum Gasteiger partial charge on any atom is 0.295 e. The Hall–Kier alpha value is -2.64. The highest BCUT2D eigenvalue weighted by Gasteiger charge is 2.45. The third-order valence-corrected chi connectivity index (χ3v) is 6.06. The molecular formula is C26H31BrN2O4. The number of Topliss-reactive ketones (excluding diaryl/α,β-unsaturated/α-hetero) is 1. The summed E-state index contributed by atoms with van der Waals surface area (Å²) in [5.41, 5.74) is 2.21. The average Bonchev–Trinajstić information content (AvgIpc) is 3.01. The van der Waals surface area contributed by atoms with Crippen LogP contribution in [0, 0.1) is 12.8 Å². The second kappa shape index (κ2) is 10.5. The van der Waals surface area contributed by atoms with Gasteiger partial charge in [-0.2, -0.15) is 0 Å². The number of hydrogen-bond donors (Lipinski definition) is 1. The molecule has 7 heteroatoms. The van der Waals surface area contributed by atoms with Gasteiger partial charge in [0.25, 0.3) is 11.7 Å². The summed E-state index contributed by atoms with van der Waals surface area (Å²) in [6, 6.07) is 12.1. The molecule has 176 valence electrons. The zero-order valence-corrected chi connectivity index (χ0v) is 21.3. The summed E-state index contributed by atoms with van der Waals surface area (Å²) in [6.07, 6.45) is 0. The van der Waals surface area contributed by atoms with E-state index in [2.05, 4.69) is 29.8 Å². The molecule has 1 heterocycles. The highest BCUT2D eigenvalue weighted by Crippen LogP contribution is 2.40. The summed E-state index contributed by atoms with van der Waals surface area (Å²) in [5.74, 6) is -0.318. The number of amides is 1. The molecule has 2 aromatic carbocycles. The SMILES string of the molecule is Cc1cc(C(O)=C2C(=O)C(=O)N(CCN(C)C)[C@H]2c2ccc(Br)cc2)ccc1OCC(C)C. The highest BCUT2D eigenvalue weighted by atomic mass is 79.9. The van der Waals surface area contributed by atoms with E-state index in [1.807, 2.05) is 50.2 Å². The number of aryl methyl sites for hydroxylation is 1. The van der Waals surface area contributed by atoms with E-state index < -0.39 is 17.7 Å². The molecule has 1 aliphatic heterocycles. The number of aliphatic hydroxyl groups excluding tert-OH is 1. The van der Waals surface area contributed by atoms with Gasteiger partial charge >= 0.3 is 0 Å². The Bertz CT molecular complexity index is 1060. The van der Waals surface area contributed by atoms with Crippen molar-refractivity contribution < 1.29 is 19.4 Å². The zero-order valence-electron chi connectivity index (χ0n) is 19.8. The molecule has 0 saturated carbocycles. The first-order valence-corrected chi connectivity index (χ1v) is 11.8. The number of hydrogen-bond acceptors (Lipinski definition) is 5. The van der Waals surface area contributed by atoms with Gasteiger partial charge in [0, 0.05) is 23.1 Å². The van der Waals surface area contributed by atoms with Crippen LogP contribution in [0.5, 0.6) is 5.75 Å². The number of benzene rings is 2. The van der Waals surface area contributed by atoms with Crippen LogP contribution in [0.4, 0.5) is 0 Å². The van der Waals surface area contributed by atoms with Crippen LogP contribution in [0.25, 0.3) is 5.76 Å². The topological polar surface area (TPSA) is 70.1 Å². The van der Waals surface area contributed by atoms with Crippen molar-refractivity contribution >= 4 is 33.4 Å². The van der Waals surface area contributed by atoms with E-state index in [9.17, 15) is 14.7 Å². The lowest BCUT2D eigenvalue weighted by molar-refractivity contribution is -0.140. The first kappa shape index (κ1) is 25.0. The third kappa shape index (κ3) is 5.65. The van der Waals surface area contributed by atoms with Gasteiger partial charge in [-0.25, -0.2) is 0 Å². The number of rotatable bonds is 8. The number of likely N-dealkylation sites (tertiary alicyclic amines) is 1. The molecule has 1 aliphatic rings. The van der Waals surface area contributed by atoms with Crippen molar-refractivity contribution in [1.82, 2.24) is 9.80 Å². The first-order valence-electron chi connectivity index (χ1n) is 11.0. The van der Waals surface area contributed by atoms with Gasteiger partial charge in [-0.1, -0.05) is 41.9 Å². The molecule has 0 bridgehead atoms. The summed E-state index contributed by atoms with van der Waals surface area (Å²) in [5, 5.41) is 11.2. The summed E-state index contributed by atoms with van der Waals surface area (Å²) in [6.45, 7) is 7.61. The van der Waals surface area contributed by atoms with E-state index in [1.54, 1.807) is 23.1 Å². The van der Waals surface area contributed by atoms with E-state index in [0.29, 0.717) is 31.2 Å². The number of nitrogens with zero attached hydrogens (tertiary/aromatic N) is 2. The van der Waals surface area contributed by atoms with Crippen molar-refractivity contribution in [1.29, 1.82) is 0 Å². The molecule has 0 aromatic heterocycles. The van der Waals surface area contributed by atoms with E-state index in [4.69, 9.17) is 4.74 Å². The van der Waals surface area contributed by atoms with E-state index in [1.165, 1.54) is 0 Å². The molecule has 6 nitrogen and oxygen atoms in total. The predicted octanol–water partition coefficient (Wildman–Crippen LogP) is 4.78. The van der Waals surface area contributed by atoms with Gasteiger partial charge in [-0.15, -0.1) is 0 Å². The number of likely N-dealkylation sites (N-methyl/N-ethyl adjacent to an activating group) is 1. The van der Waals surface area contributed by atoms with Crippen LogP contribution in [0.2, 0.25) is 0 Å². The normalized spacial score (nSPS) is 17.9. The fourth-order valence-corrected chi connectivity index (χ4v) is 4.04. The molecule has 1 atom stereocenters. The molecule has 1 saturated heterocycles. The Morgan fingerprint density at radius 3 is 2.39 bits per heavy atom. The van der Waals surface area contributed by atoms with E-state index in [-0.39, 0.29) is 11.3 Å². The van der Waals surface area contributed by atoms with Crippen molar-refractivity contribution in [3.8, 4) is 5.75 Å². The molecule has 1 fully saturated rings. The van der Waals surface area contributed by atoms with Gasteiger partial charge in [0.1, 0.15) is 11.5 Å². The van der Waals surface area contributed by atoms with Crippen LogP contribution in [0.3, 0.4) is 0 Å². The summed E-state index contributed by atoms with van der Waals surface area (Å²) in [7, 11) is 3.83. The summed E-state index contributed by atoms with van der Waals surface area (Å²) >= 11 is 3.43. The lowest BCUT2D eigenvalue weighted by Gasteiger charge is -2.26. The minimum atomic E-state index is -0.669. The first-order chi connectivity index (χ1) is 15.6. The molecule has 33 heavy (non-hydrogen) atoms. The smallest absolute Gasteiger partial charge is 0.295 e. The zero-order chi connectivity index (χ0) is 24.3. The Labute approximate surface area is 204 Å². The Balaban J connectivity index is 2.06. The maximum absolute atomic E-state index is 13.1.